The van der Waals surface area contributed by atoms with E-state index in [0.717, 1.165) is 10.5 Å². The summed E-state index contributed by atoms with van der Waals surface area (Å²) >= 11 is 0. The molecular weight excluding hydrogens is 323 g/mol. The molecule has 0 unspecified atom stereocenters. The molecule has 0 fully saturated rings. The SMILES string of the molecule is Cc1ccc(F)cc1NC(=O)CCCN1C(=O)c2ccccc2C1=O. The number of nitrogens with one attached hydrogen (secondary N) is 1. The van der Waals surface area contributed by atoms with Crippen molar-refractivity contribution in [3.05, 3.63) is 65.0 Å². The number of halogens is 1. The summed E-state index contributed by atoms with van der Waals surface area (Å²) in [7, 11) is 0. The molecule has 2 aromatic carbocycles. The maximum Gasteiger partial charge on any atom is 0.261 e. The summed E-state index contributed by atoms with van der Waals surface area (Å²) in [5.41, 5.74) is 1.97. The highest BCUT2D eigenvalue weighted by Gasteiger charge is 2.34. The predicted molar refractivity (Wildman–Crippen MR) is 90.8 cm³/mol. The number of carbonyl (C=O) groups is 3. The number of hydrogen-bond acceptors (Lipinski definition) is 3. The van der Waals surface area contributed by atoms with E-state index < -0.39 is 5.82 Å². The lowest BCUT2D eigenvalue weighted by Crippen LogP contribution is -2.31. The molecule has 128 valence electrons. The third-order valence-corrected chi connectivity index (χ3v) is 4.14. The van der Waals surface area contributed by atoms with E-state index in [4.69, 9.17) is 0 Å². The molecule has 0 atom stereocenters. The highest BCUT2D eigenvalue weighted by atomic mass is 19.1. The Kier molecular flexibility index (Phi) is 4.61. The van der Waals surface area contributed by atoms with E-state index in [1.54, 1.807) is 37.3 Å². The summed E-state index contributed by atoms with van der Waals surface area (Å²) in [5.74, 6) is -1.37. The Labute approximate surface area is 144 Å². The number of fused-ring (bicyclic) bond motifs is 1. The Morgan fingerprint density at radius 3 is 2.36 bits per heavy atom. The topological polar surface area (TPSA) is 66.5 Å². The molecule has 1 aliphatic heterocycles. The second kappa shape index (κ2) is 6.84. The van der Waals surface area contributed by atoms with Crippen molar-refractivity contribution in [2.45, 2.75) is 19.8 Å². The monoisotopic (exact) mass is 340 g/mol. The zero-order valence-corrected chi connectivity index (χ0v) is 13.7. The second-order valence-electron chi connectivity index (χ2n) is 5.92. The molecule has 5 nitrogen and oxygen atoms in total. The van der Waals surface area contributed by atoms with Crippen molar-refractivity contribution in [2.75, 3.05) is 11.9 Å². The van der Waals surface area contributed by atoms with E-state index in [0.29, 0.717) is 23.2 Å². The van der Waals surface area contributed by atoms with Gasteiger partial charge in [0.2, 0.25) is 5.91 Å². The summed E-state index contributed by atoms with van der Waals surface area (Å²) < 4.78 is 13.2. The highest BCUT2D eigenvalue weighted by Crippen LogP contribution is 2.23. The van der Waals surface area contributed by atoms with Crippen molar-refractivity contribution >= 4 is 23.4 Å². The molecule has 3 rings (SSSR count). The number of benzene rings is 2. The molecule has 0 saturated carbocycles. The molecule has 0 saturated heterocycles. The fourth-order valence-corrected chi connectivity index (χ4v) is 2.78. The minimum atomic E-state index is -0.424. The van der Waals surface area contributed by atoms with Gasteiger partial charge in [-0.25, -0.2) is 4.39 Å². The van der Waals surface area contributed by atoms with Gasteiger partial charge in [0.05, 0.1) is 11.1 Å². The largest absolute Gasteiger partial charge is 0.326 e. The molecule has 1 aliphatic rings. The Bertz CT molecular complexity index is 828. The number of hydrogen-bond donors (Lipinski definition) is 1. The van der Waals surface area contributed by atoms with Crippen molar-refractivity contribution in [1.29, 1.82) is 0 Å². The van der Waals surface area contributed by atoms with Crippen LogP contribution in [-0.2, 0) is 4.79 Å². The van der Waals surface area contributed by atoms with Crippen LogP contribution in [0.3, 0.4) is 0 Å². The fraction of sp³-hybridized carbons (Fsp3) is 0.211. The van der Waals surface area contributed by atoms with E-state index in [1.165, 1.54) is 12.1 Å². The average molecular weight is 340 g/mol. The molecule has 0 radical (unpaired) electrons. The third kappa shape index (κ3) is 3.42. The van der Waals surface area contributed by atoms with E-state index in [2.05, 4.69) is 5.32 Å². The Morgan fingerprint density at radius 2 is 1.72 bits per heavy atom. The molecule has 0 aromatic heterocycles. The fourth-order valence-electron chi connectivity index (χ4n) is 2.78. The van der Waals surface area contributed by atoms with Crippen LogP contribution in [0.15, 0.2) is 42.5 Å². The van der Waals surface area contributed by atoms with E-state index in [9.17, 15) is 18.8 Å². The second-order valence-corrected chi connectivity index (χ2v) is 5.92. The lowest BCUT2D eigenvalue weighted by atomic mass is 10.1. The van der Waals surface area contributed by atoms with E-state index in [-0.39, 0.29) is 30.7 Å². The third-order valence-electron chi connectivity index (χ3n) is 4.14. The lowest BCUT2D eigenvalue weighted by Gasteiger charge is -2.13. The van der Waals surface area contributed by atoms with Crippen LogP contribution in [0.4, 0.5) is 10.1 Å². The van der Waals surface area contributed by atoms with Crippen LogP contribution in [0.5, 0.6) is 0 Å². The summed E-state index contributed by atoms with van der Waals surface area (Å²) in [4.78, 5) is 37.6. The first kappa shape index (κ1) is 16.8. The summed E-state index contributed by atoms with van der Waals surface area (Å²) in [6.45, 7) is 1.94. The predicted octanol–water partition coefficient (Wildman–Crippen LogP) is 3.15. The van der Waals surface area contributed by atoms with Crippen molar-refractivity contribution in [2.24, 2.45) is 0 Å². The van der Waals surface area contributed by atoms with Crippen molar-refractivity contribution in [3.8, 4) is 0 Å². The Hall–Kier alpha value is -3.02. The van der Waals surface area contributed by atoms with E-state index in [1.807, 2.05) is 0 Å². The average Bonchev–Trinajstić information content (AvgIpc) is 2.83. The van der Waals surface area contributed by atoms with E-state index >= 15 is 0 Å². The van der Waals surface area contributed by atoms with Gasteiger partial charge in [-0.05, 0) is 43.2 Å². The van der Waals surface area contributed by atoms with Crippen molar-refractivity contribution in [1.82, 2.24) is 4.90 Å². The zero-order chi connectivity index (χ0) is 18.0. The number of aryl methyl sites for hydroxylation is 1. The van der Waals surface area contributed by atoms with Gasteiger partial charge in [-0.2, -0.15) is 0 Å². The Morgan fingerprint density at radius 1 is 1.08 bits per heavy atom. The molecule has 3 amide bonds. The lowest BCUT2D eigenvalue weighted by molar-refractivity contribution is -0.116. The number of carbonyl (C=O) groups excluding carboxylic acids is 3. The Balaban J connectivity index is 1.55. The standard InChI is InChI=1S/C19H17FN2O3/c1-12-8-9-13(20)11-16(12)21-17(23)7-4-10-22-18(24)14-5-2-3-6-15(14)19(22)25/h2-3,5-6,8-9,11H,4,7,10H2,1H3,(H,21,23). The van der Waals surface area contributed by atoms with Gasteiger partial charge in [0.1, 0.15) is 5.82 Å². The number of imide groups is 1. The number of nitrogens with zero attached hydrogens (tertiary/aromatic N) is 1. The summed E-state index contributed by atoms with van der Waals surface area (Å²) in [5, 5.41) is 2.65. The van der Waals surface area contributed by atoms with Gasteiger partial charge in [0.25, 0.3) is 11.8 Å². The summed E-state index contributed by atoms with van der Waals surface area (Å²) in [6.07, 6.45) is 0.467. The summed E-state index contributed by atoms with van der Waals surface area (Å²) in [6, 6.07) is 10.8. The first-order chi connectivity index (χ1) is 12.0. The normalized spacial score (nSPS) is 13.1. The molecule has 6 heteroatoms. The molecule has 25 heavy (non-hydrogen) atoms. The van der Waals surface area contributed by atoms with Crippen LogP contribution >= 0.6 is 0 Å². The zero-order valence-electron chi connectivity index (χ0n) is 13.7. The van der Waals surface area contributed by atoms with Crippen LogP contribution in [0.1, 0.15) is 39.1 Å². The van der Waals surface area contributed by atoms with Crippen LogP contribution in [0.2, 0.25) is 0 Å². The number of anilines is 1. The van der Waals surface area contributed by atoms with Crippen LogP contribution in [0.25, 0.3) is 0 Å². The quantitative estimate of drug-likeness (QED) is 0.850. The van der Waals surface area contributed by atoms with Gasteiger partial charge in [0.15, 0.2) is 0 Å². The van der Waals surface area contributed by atoms with Gasteiger partial charge in [-0.3, -0.25) is 19.3 Å². The molecule has 0 spiro atoms. The van der Waals surface area contributed by atoms with Gasteiger partial charge in [-0.1, -0.05) is 18.2 Å². The molecule has 0 bridgehead atoms. The van der Waals surface area contributed by atoms with Gasteiger partial charge < -0.3 is 5.32 Å². The van der Waals surface area contributed by atoms with Crippen molar-refractivity contribution < 1.29 is 18.8 Å². The van der Waals surface area contributed by atoms with Crippen molar-refractivity contribution in [3.63, 3.8) is 0 Å². The molecule has 0 aliphatic carbocycles. The van der Waals surface area contributed by atoms with Crippen LogP contribution < -0.4 is 5.32 Å². The smallest absolute Gasteiger partial charge is 0.261 e. The molecule has 2 aromatic rings. The van der Waals surface area contributed by atoms with Gasteiger partial charge in [-0.15, -0.1) is 0 Å². The molecular formula is C19H17FN2O3. The number of rotatable bonds is 5. The highest BCUT2D eigenvalue weighted by molar-refractivity contribution is 6.21. The number of amides is 3. The maximum absolute atomic E-state index is 13.2. The minimum Gasteiger partial charge on any atom is -0.326 e. The van der Waals surface area contributed by atoms with Gasteiger partial charge in [0, 0.05) is 18.7 Å². The molecule has 1 N–H and O–H groups in total. The molecule has 1 heterocycles. The van der Waals surface area contributed by atoms with Crippen LogP contribution in [-0.4, -0.2) is 29.2 Å². The minimum absolute atomic E-state index is 0.128. The first-order valence-corrected chi connectivity index (χ1v) is 7.98. The maximum atomic E-state index is 13.2. The van der Waals surface area contributed by atoms with Crippen LogP contribution in [0, 0.1) is 12.7 Å². The van der Waals surface area contributed by atoms with Gasteiger partial charge >= 0.3 is 0 Å². The first-order valence-electron chi connectivity index (χ1n) is 7.98.